The maximum Gasteiger partial charge on any atom is 0.530 e. The van der Waals surface area contributed by atoms with Gasteiger partial charge >= 0.3 is 19.0 Å². The second-order valence-electron chi connectivity index (χ2n) is 9.26. The highest BCUT2D eigenvalue weighted by atomic mass is 32.2. The number of phosphoric acid groups is 1. The number of nitro groups is 2. The summed E-state index contributed by atoms with van der Waals surface area (Å²) in [5.41, 5.74) is -5.58. The first-order chi connectivity index (χ1) is 18.4. The lowest BCUT2D eigenvalue weighted by Gasteiger charge is -2.46. The number of quaternary nitrogens is 1. The predicted octanol–water partition coefficient (Wildman–Crippen LogP) is 4.12. The number of rotatable bonds is 6. The Bertz CT molecular complexity index is 1410. The minimum atomic E-state index is -6.09. The molecule has 0 aromatic heterocycles. The standard InChI is InChI=1S/C20H23N3O8P.CHF3O3S/c1-23(12-15-5-3-2-4-6-15)10-9-19-16(13-23)14-29-32(28,30-19)31-20-8-7-17(21(24)25)11-18(20)22(26)27;2-1(3,4)8(5,6)7/h2-8,11,16,19H,9-10,12-14H2,1H3;(H,5,6,7)/q+1;/p-1/t16-,19-,23?,32?;/m0./s1. The van der Waals surface area contributed by atoms with Crippen molar-refractivity contribution < 1.29 is 58.6 Å². The molecule has 19 heteroatoms. The minimum absolute atomic E-state index is 0.00464. The first-order valence-electron chi connectivity index (χ1n) is 11.4. The number of halogens is 3. The fraction of sp³-hybridized carbons (Fsp3) is 0.429. The van der Waals surface area contributed by atoms with Gasteiger partial charge in [-0.15, -0.1) is 0 Å². The number of non-ortho nitro benzene ring substituents is 1. The van der Waals surface area contributed by atoms with Crippen LogP contribution in [0.1, 0.15) is 12.0 Å². The number of likely N-dealkylation sites (tertiary alicyclic amines) is 1. The lowest BCUT2D eigenvalue weighted by molar-refractivity contribution is -0.931. The summed E-state index contributed by atoms with van der Waals surface area (Å²) in [6.07, 6.45) is 0.265. The number of hydrogen-bond donors (Lipinski definition) is 0. The second kappa shape index (κ2) is 11.8. The van der Waals surface area contributed by atoms with Crippen LogP contribution < -0.4 is 4.52 Å². The topological polar surface area (TPSA) is 188 Å². The van der Waals surface area contributed by atoms with Crippen molar-refractivity contribution in [1.82, 2.24) is 0 Å². The Kier molecular flexibility index (Phi) is 9.22. The van der Waals surface area contributed by atoms with Gasteiger partial charge in [0.15, 0.2) is 10.1 Å². The predicted molar refractivity (Wildman–Crippen MR) is 129 cm³/mol. The number of phosphoric ester groups is 1. The Morgan fingerprint density at radius 3 is 2.30 bits per heavy atom. The third kappa shape index (κ3) is 7.96. The summed E-state index contributed by atoms with van der Waals surface area (Å²) in [4.78, 5) is 20.6. The average Bonchev–Trinajstić information content (AvgIpc) is 2.84. The van der Waals surface area contributed by atoms with Gasteiger partial charge in [0, 0.05) is 18.1 Å². The van der Waals surface area contributed by atoms with E-state index >= 15 is 0 Å². The van der Waals surface area contributed by atoms with Gasteiger partial charge in [0.2, 0.25) is 5.75 Å². The summed E-state index contributed by atoms with van der Waals surface area (Å²) in [6.45, 7) is 2.55. The molecule has 2 fully saturated rings. The molecule has 2 aliphatic heterocycles. The fourth-order valence-electron chi connectivity index (χ4n) is 4.31. The molecule has 2 aromatic carbocycles. The largest absolute Gasteiger partial charge is 0.741 e. The Hall–Kier alpha value is -3.15. The molecule has 0 amide bonds. The van der Waals surface area contributed by atoms with Crippen LogP contribution in [0.3, 0.4) is 0 Å². The summed E-state index contributed by atoms with van der Waals surface area (Å²) in [5, 5.41) is 22.2. The van der Waals surface area contributed by atoms with Crippen molar-refractivity contribution >= 4 is 29.3 Å². The molecule has 0 aliphatic carbocycles. The van der Waals surface area contributed by atoms with Crippen LogP contribution in [0.2, 0.25) is 0 Å². The molecule has 0 spiro atoms. The van der Waals surface area contributed by atoms with Crippen LogP contribution in [0.15, 0.2) is 48.5 Å². The zero-order valence-electron chi connectivity index (χ0n) is 20.6. The number of hydrogen-bond acceptors (Lipinski definition) is 11. The third-order valence-corrected chi connectivity index (χ3v) is 8.10. The maximum absolute atomic E-state index is 13.1. The molecule has 220 valence electrons. The number of piperidine rings is 1. The van der Waals surface area contributed by atoms with Crippen molar-refractivity contribution in [3.05, 3.63) is 74.3 Å². The average molecular weight is 613 g/mol. The highest BCUT2D eigenvalue weighted by Crippen LogP contribution is 2.57. The van der Waals surface area contributed by atoms with E-state index in [2.05, 4.69) is 19.2 Å². The van der Waals surface area contributed by atoms with Crippen molar-refractivity contribution in [2.75, 3.05) is 26.7 Å². The van der Waals surface area contributed by atoms with E-state index in [0.717, 1.165) is 42.3 Å². The summed E-state index contributed by atoms with van der Waals surface area (Å²) in [6, 6.07) is 13.0. The lowest BCUT2D eigenvalue weighted by atomic mass is 9.93. The number of nitro benzene ring substituents is 2. The van der Waals surface area contributed by atoms with E-state index in [-0.39, 0.29) is 18.6 Å². The van der Waals surface area contributed by atoms with Gasteiger partial charge in [-0.1, -0.05) is 30.3 Å². The molecular formula is C21H23F3N3O11PS. The zero-order chi connectivity index (χ0) is 29.9. The molecule has 40 heavy (non-hydrogen) atoms. The van der Waals surface area contributed by atoms with Gasteiger partial charge in [-0.05, 0) is 6.07 Å². The van der Waals surface area contributed by atoms with Gasteiger partial charge in [-0.25, -0.2) is 13.0 Å². The molecule has 2 unspecified atom stereocenters. The summed E-state index contributed by atoms with van der Waals surface area (Å²) < 4.78 is 89.2. The second-order valence-corrected chi connectivity index (χ2v) is 12.2. The Morgan fingerprint density at radius 2 is 1.75 bits per heavy atom. The highest BCUT2D eigenvalue weighted by Gasteiger charge is 2.49. The molecule has 2 heterocycles. The number of fused-ring (bicyclic) bond motifs is 1. The third-order valence-electron chi connectivity index (χ3n) is 6.12. The van der Waals surface area contributed by atoms with E-state index in [1.165, 1.54) is 5.56 Å². The van der Waals surface area contributed by atoms with Crippen LogP contribution in [0.5, 0.6) is 5.75 Å². The van der Waals surface area contributed by atoms with E-state index < -0.39 is 50.4 Å². The van der Waals surface area contributed by atoms with Gasteiger partial charge in [0.05, 0.1) is 54.7 Å². The maximum atomic E-state index is 13.1. The number of benzene rings is 2. The Morgan fingerprint density at radius 1 is 1.12 bits per heavy atom. The summed E-state index contributed by atoms with van der Waals surface area (Å²) >= 11 is 0. The molecule has 2 aromatic rings. The smallest absolute Gasteiger partial charge is 0.530 e. The van der Waals surface area contributed by atoms with Crippen molar-refractivity contribution in [2.45, 2.75) is 24.6 Å². The molecular weight excluding hydrogens is 590 g/mol. The summed E-state index contributed by atoms with van der Waals surface area (Å²) in [5.74, 6) is -0.405. The van der Waals surface area contributed by atoms with Crippen LogP contribution in [-0.2, 0) is 30.3 Å². The SMILES string of the molecule is C[N+]1(Cc2ccccc2)CC[C@@H]2OP(=O)(Oc3ccc([N+](=O)[O-])cc3[N+](=O)[O-])OC[C@@H]2C1.O=S(=O)([O-])C(F)(F)F. The van der Waals surface area contributed by atoms with Gasteiger partial charge in [0.1, 0.15) is 6.54 Å². The quantitative estimate of drug-likeness (QED) is 0.114. The Labute approximate surface area is 225 Å². The first-order valence-corrected chi connectivity index (χ1v) is 14.2. The van der Waals surface area contributed by atoms with E-state index in [9.17, 15) is 38.0 Å². The normalized spacial score (nSPS) is 26.5. The molecule has 14 nitrogen and oxygen atoms in total. The van der Waals surface area contributed by atoms with Crippen LogP contribution in [0.4, 0.5) is 24.5 Å². The molecule has 4 atom stereocenters. The van der Waals surface area contributed by atoms with Gasteiger partial charge in [-0.2, -0.15) is 13.2 Å². The summed E-state index contributed by atoms with van der Waals surface area (Å²) in [7, 11) is -8.05. The van der Waals surface area contributed by atoms with Gasteiger partial charge in [-0.3, -0.25) is 29.3 Å². The van der Waals surface area contributed by atoms with Crippen molar-refractivity contribution in [3.8, 4) is 5.75 Å². The fourth-order valence-corrected chi connectivity index (χ4v) is 5.84. The van der Waals surface area contributed by atoms with Crippen LogP contribution in [0.25, 0.3) is 0 Å². The van der Waals surface area contributed by atoms with Crippen LogP contribution in [0, 0.1) is 26.1 Å². The van der Waals surface area contributed by atoms with Crippen molar-refractivity contribution in [2.24, 2.45) is 5.92 Å². The molecule has 0 radical (unpaired) electrons. The van der Waals surface area contributed by atoms with Crippen molar-refractivity contribution in [3.63, 3.8) is 0 Å². The monoisotopic (exact) mass is 613 g/mol. The molecule has 0 saturated carbocycles. The molecule has 4 rings (SSSR count). The zero-order valence-corrected chi connectivity index (χ0v) is 22.3. The molecule has 2 aliphatic rings. The molecule has 0 N–H and O–H groups in total. The van der Waals surface area contributed by atoms with Crippen LogP contribution in [-0.4, -0.2) is 65.7 Å². The highest BCUT2D eigenvalue weighted by molar-refractivity contribution is 7.86. The van der Waals surface area contributed by atoms with E-state index in [4.69, 9.17) is 26.5 Å². The minimum Gasteiger partial charge on any atom is -0.741 e. The number of alkyl halides is 3. The van der Waals surface area contributed by atoms with E-state index in [1.807, 2.05) is 18.2 Å². The molecule has 2 saturated heterocycles. The molecule has 0 bridgehead atoms. The lowest BCUT2D eigenvalue weighted by Crippen LogP contribution is -2.57. The van der Waals surface area contributed by atoms with Crippen molar-refractivity contribution in [1.29, 1.82) is 0 Å². The first kappa shape index (κ1) is 31.4. The number of nitrogens with zero attached hydrogens (tertiary/aromatic N) is 3. The Balaban J connectivity index is 0.000000482. The van der Waals surface area contributed by atoms with Crippen LogP contribution >= 0.6 is 7.82 Å². The van der Waals surface area contributed by atoms with Gasteiger partial charge in [0.25, 0.3) is 5.69 Å². The van der Waals surface area contributed by atoms with E-state index in [1.54, 1.807) is 0 Å². The van der Waals surface area contributed by atoms with Gasteiger partial charge < -0.3 is 13.6 Å². The van der Waals surface area contributed by atoms with E-state index in [0.29, 0.717) is 6.42 Å².